The summed E-state index contributed by atoms with van der Waals surface area (Å²) in [6, 6.07) is 0.220. The number of likely N-dealkylation sites (tertiary alicyclic amines) is 1. The van der Waals surface area contributed by atoms with Gasteiger partial charge in [-0.2, -0.15) is 4.98 Å². The molecule has 0 bridgehead atoms. The van der Waals surface area contributed by atoms with E-state index in [2.05, 4.69) is 26.9 Å². The van der Waals surface area contributed by atoms with Gasteiger partial charge >= 0.3 is 0 Å². The predicted octanol–water partition coefficient (Wildman–Crippen LogP) is 2.79. The van der Waals surface area contributed by atoms with Crippen LogP contribution in [0.15, 0.2) is 10.9 Å². The number of piperidine rings is 1. The first-order valence-electron chi connectivity index (χ1n) is 8.94. The third-order valence-corrected chi connectivity index (χ3v) is 5.45. The van der Waals surface area contributed by atoms with Crippen molar-refractivity contribution in [3.05, 3.63) is 12.0 Å². The molecule has 1 aliphatic rings. The maximum atomic E-state index is 12.8. The number of hydrogen-bond donors (Lipinski definition) is 0. The highest BCUT2D eigenvalue weighted by Crippen LogP contribution is 2.30. The zero-order chi connectivity index (χ0) is 18.2. The fraction of sp³-hybridized carbons (Fsp3) is 0.667. The van der Waals surface area contributed by atoms with Crippen LogP contribution in [0.5, 0.6) is 0 Å². The summed E-state index contributed by atoms with van der Waals surface area (Å²) in [5.41, 5.74) is 0.978. The van der Waals surface area contributed by atoms with Crippen LogP contribution in [0.4, 0.5) is 5.82 Å². The van der Waals surface area contributed by atoms with E-state index in [1.54, 1.807) is 0 Å². The van der Waals surface area contributed by atoms with Crippen molar-refractivity contribution in [3.63, 3.8) is 0 Å². The third-order valence-electron chi connectivity index (χ3n) is 5.45. The second-order valence-electron chi connectivity index (χ2n) is 7.54. The number of carbonyl (C=O) groups is 1. The minimum absolute atomic E-state index is 0.220. The Kier molecular flexibility index (Phi) is 4.67. The first-order chi connectivity index (χ1) is 11.8. The van der Waals surface area contributed by atoms with E-state index in [1.807, 2.05) is 32.7 Å². The lowest BCUT2D eigenvalue weighted by Crippen LogP contribution is -2.52. The Morgan fingerprint density at radius 3 is 2.92 bits per heavy atom. The predicted molar refractivity (Wildman–Crippen MR) is 96.4 cm³/mol. The van der Waals surface area contributed by atoms with Crippen LogP contribution in [0.25, 0.3) is 11.1 Å². The number of carbonyl (C=O) groups excluding carboxylic acids is 1. The summed E-state index contributed by atoms with van der Waals surface area (Å²) in [7, 11) is 2.03. The summed E-state index contributed by atoms with van der Waals surface area (Å²) < 4.78 is 5.25. The van der Waals surface area contributed by atoms with Crippen molar-refractivity contribution in [2.45, 2.75) is 53.0 Å². The van der Waals surface area contributed by atoms with Crippen molar-refractivity contribution in [2.75, 3.05) is 25.0 Å². The van der Waals surface area contributed by atoms with Crippen molar-refractivity contribution in [3.8, 4) is 0 Å². The van der Waals surface area contributed by atoms with Crippen LogP contribution in [0, 0.1) is 12.3 Å². The Morgan fingerprint density at radius 1 is 1.44 bits per heavy atom. The summed E-state index contributed by atoms with van der Waals surface area (Å²) in [6.45, 7) is 9.56. The number of fused-ring (bicyclic) bond motifs is 1. The third kappa shape index (κ3) is 3.19. The zero-order valence-corrected chi connectivity index (χ0v) is 15.7. The van der Waals surface area contributed by atoms with Gasteiger partial charge in [-0.15, -0.1) is 0 Å². The average Bonchev–Trinajstić information content (AvgIpc) is 3.02. The van der Waals surface area contributed by atoms with Crippen LogP contribution in [0.1, 0.15) is 45.7 Å². The maximum absolute atomic E-state index is 12.8. The largest absolute Gasteiger partial charge is 0.354 e. The molecule has 1 saturated heterocycles. The van der Waals surface area contributed by atoms with Gasteiger partial charge in [-0.1, -0.05) is 25.9 Å². The van der Waals surface area contributed by atoms with Gasteiger partial charge in [0.25, 0.3) is 5.71 Å². The Morgan fingerprint density at radius 2 is 2.20 bits per heavy atom. The lowest BCUT2D eigenvalue weighted by atomic mass is 9.87. The number of nitrogens with zero attached hydrogens (tertiary/aromatic N) is 5. The number of aromatic nitrogens is 3. The second kappa shape index (κ2) is 6.61. The molecule has 0 saturated carbocycles. The normalized spacial score (nSPS) is 18.6. The van der Waals surface area contributed by atoms with Gasteiger partial charge in [-0.05, 0) is 26.2 Å². The van der Waals surface area contributed by atoms with Gasteiger partial charge < -0.3 is 14.3 Å². The van der Waals surface area contributed by atoms with Crippen molar-refractivity contribution < 1.29 is 9.32 Å². The molecule has 1 fully saturated rings. The molecular formula is C18H27N5O2. The minimum Gasteiger partial charge on any atom is -0.354 e. The Labute approximate surface area is 148 Å². The van der Waals surface area contributed by atoms with Crippen LogP contribution in [-0.4, -0.2) is 52.1 Å². The number of rotatable bonds is 4. The number of aryl methyl sites for hydroxylation is 1. The van der Waals surface area contributed by atoms with E-state index >= 15 is 0 Å². The van der Waals surface area contributed by atoms with E-state index in [-0.39, 0.29) is 17.4 Å². The molecule has 0 aromatic carbocycles. The van der Waals surface area contributed by atoms with Gasteiger partial charge in [0, 0.05) is 31.6 Å². The standard InChI is InChI=1S/C18H27N5O2/c1-6-18(3,4)17(24)23-9-7-8-13(10-23)22(5)15-14-12(2)21-25-16(14)20-11-19-15/h11,13H,6-10H2,1-5H3. The molecular weight excluding hydrogens is 318 g/mol. The van der Waals surface area contributed by atoms with E-state index in [9.17, 15) is 4.79 Å². The number of hydrogen-bond acceptors (Lipinski definition) is 6. The second-order valence-corrected chi connectivity index (χ2v) is 7.54. The topological polar surface area (TPSA) is 75.4 Å². The molecule has 1 aliphatic heterocycles. The van der Waals surface area contributed by atoms with Gasteiger partial charge in [-0.25, -0.2) is 4.98 Å². The minimum atomic E-state index is -0.312. The summed E-state index contributed by atoms with van der Waals surface area (Å²) in [5, 5.41) is 4.85. The molecule has 1 unspecified atom stereocenters. The molecule has 0 spiro atoms. The van der Waals surface area contributed by atoms with E-state index in [1.165, 1.54) is 6.33 Å². The summed E-state index contributed by atoms with van der Waals surface area (Å²) >= 11 is 0. The van der Waals surface area contributed by atoms with Crippen molar-refractivity contribution >= 4 is 22.8 Å². The van der Waals surface area contributed by atoms with Crippen molar-refractivity contribution in [2.24, 2.45) is 5.41 Å². The van der Waals surface area contributed by atoms with Crippen LogP contribution in [-0.2, 0) is 4.79 Å². The molecule has 7 nitrogen and oxygen atoms in total. The molecule has 0 N–H and O–H groups in total. The molecule has 1 atom stereocenters. The Balaban J connectivity index is 1.83. The van der Waals surface area contributed by atoms with Crippen LogP contribution in [0.2, 0.25) is 0 Å². The molecule has 3 heterocycles. The van der Waals surface area contributed by atoms with E-state index in [0.717, 1.165) is 42.7 Å². The lowest BCUT2D eigenvalue weighted by Gasteiger charge is -2.41. The highest BCUT2D eigenvalue weighted by molar-refractivity contribution is 5.88. The van der Waals surface area contributed by atoms with Crippen molar-refractivity contribution in [1.29, 1.82) is 0 Å². The molecule has 0 radical (unpaired) electrons. The van der Waals surface area contributed by atoms with E-state index in [4.69, 9.17) is 4.52 Å². The monoisotopic (exact) mass is 345 g/mol. The number of likely N-dealkylation sites (N-methyl/N-ethyl adjacent to an activating group) is 1. The van der Waals surface area contributed by atoms with Gasteiger partial charge in [0.15, 0.2) is 0 Å². The fourth-order valence-corrected chi connectivity index (χ4v) is 3.38. The van der Waals surface area contributed by atoms with E-state index < -0.39 is 0 Å². The van der Waals surface area contributed by atoms with Gasteiger partial charge in [0.05, 0.1) is 5.69 Å². The molecule has 2 aromatic heterocycles. The average molecular weight is 345 g/mol. The number of anilines is 1. The van der Waals surface area contributed by atoms with Gasteiger partial charge in [0.2, 0.25) is 5.91 Å². The molecule has 0 aliphatic carbocycles. The maximum Gasteiger partial charge on any atom is 0.263 e. The zero-order valence-electron chi connectivity index (χ0n) is 15.7. The SMILES string of the molecule is CCC(C)(C)C(=O)N1CCCC(N(C)c2ncnc3onc(C)c23)C1. The first kappa shape index (κ1) is 17.6. The Hall–Kier alpha value is -2.18. The molecule has 136 valence electrons. The quantitative estimate of drug-likeness (QED) is 0.848. The summed E-state index contributed by atoms with van der Waals surface area (Å²) in [5.74, 6) is 1.06. The smallest absolute Gasteiger partial charge is 0.263 e. The van der Waals surface area contributed by atoms with Crippen LogP contribution >= 0.6 is 0 Å². The van der Waals surface area contributed by atoms with E-state index in [0.29, 0.717) is 12.3 Å². The highest BCUT2D eigenvalue weighted by atomic mass is 16.5. The molecule has 25 heavy (non-hydrogen) atoms. The first-order valence-corrected chi connectivity index (χ1v) is 8.94. The molecule has 3 rings (SSSR count). The molecule has 1 amide bonds. The van der Waals surface area contributed by atoms with Crippen LogP contribution < -0.4 is 4.90 Å². The Bertz CT molecular complexity index is 770. The number of amides is 1. The highest BCUT2D eigenvalue weighted by Gasteiger charge is 2.34. The summed E-state index contributed by atoms with van der Waals surface area (Å²) in [4.78, 5) is 25.6. The van der Waals surface area contributed by atoms with Crippen molar-refractivity contribution in [1.82, 2.24) is 20.0 Å². The van der Waals surface area contributed by atoms with Crippen LogP contribution in [0.3, 0.4) is 0 Å². The fourth-order valence-electron chi connectivity index (χ4n) is 3.38. The lowest BCUT2D eigenvalue weighted by molar-refractivity contribution is -0.141. The molecule has 7 heteroatoms. The van der Waals surface area contributed by atoms with Gasteiger partial charge in [-0.3, -0.25) is 4.79 Å². The molecule has 2 aromatic rings. The summed E-state index contributed by atoms with van der Waals surface area (Å²) in [6.07, 6.45) is 4.38. The van der Waals surface area contributed by atoms with Gasteiger partial charge in [0.1, 0.15) is 17.5 Å².